The maximum absolute atomic E-state index is 12.9. The van der Waals surface area contributed by atoms with Gasteiger partial charge in [0.25, 0.3) is 5.91 Å². The van der Waals surface area contributed by atoms with Gasteiger partial charge in [0.2, 0.25) is 5.88 Å². The van der Waals surface area contributed by atoms with Crippen LogP contribution in [0, 0.1) is 6.92 Å². The summed E-state index contributed by atoms with van der Waals surface area (Å²) in [6.07, 6.45) is 3.17. The van der Waals surface area contributed by atoms with Crippen LogP contribution >= 0.6 is 11.3 Å². The third-order valence-corrected chi connectivity index (χ3v) is 6.12. The van der Waals surface area contributed by atoms with E-state index >= 15 is 0 Å². The number of amides is 1. The molecule has 8 heteroatoms. The first-order valence-electron chi connectivity index (χ1n) is 9.43. The first-order chi connectivity index (χ1) is 13.1. The standard InChI is InChI=1S/C19H28N4O3S/c1-5-8-23-9-6-13(7-10-23)20-17(24)16-12(2)15-18(26-4)21-14(11-25-3)22-19(15)27-16/h13H,5-11H2,1-4H3,(H,20,24). The van der Waals surface area contributed by atoms with Gasteiger partial charge in [0, 0.05) is 26.2 Å². The van der Waals surface area contributed by atoms with Gasteiger partial charge in [-0.2, -0.15) is 4.98 Å². The molecule has 0 atom stereocenters. The molecule has 1 aliphatic heterocycles. The number of aromatic nitrogens is 2. The number of hydrogen-bond donors (Lipinski definition) is 1. The largest absolute Gasteiger partial charge is 0.480 e. The van der Waals surface area contributed by atoms with Gasteiger partial charge in [-0.1, -0.05) is 6.92 Å². The molecule has 2 aromatic heterocycles. The second kappa shape index (κ2) is 8.95. The lowest BCUT2D eigenvalue weighted by atomic mass is 10.0. The summed E-state index contributed by atoms with van der Waals surface area (Å²) >= 11 is 1.39. The first kappa shape index (κ1) is 20.0. The zero-order chi connectivity index (χ0) is 19.4. The van der Waals surface area contributed by atoms with Crippen LogP contribution in [-0.2, 0) is 11.3 Å². The summed E-state index contributed by atoms with van der Waals surface area (Å²) < 4.78 is 10.6. The predicted molar refractivity (Wildman–Crippen MR) is 107 cm³/mol. The number of nitrogens with zero attached hydrogens (tertiary/aromatic N) is 3. The molecular weight excluding hydrogens is 364 g/mol. The van der Waals surface area contributed by atoms with Crippen molar-refractivity contribution in [3.63, 3.8) is 0 Å². The summed E-state index contributed by atoms with van der Waals surface area (Å²) in [5.74, 6) is 1.02. The average molecular weight is 393 g/mol. The summed E-state index contributed by atoms with van der Waals surface area (Å²) in [6.45, 7) is 7.67. The molecule has 1 aliphatic rings. The van der Waals surface area contributed by atoms with E-state index in [0.717, 1.165) is 48.3 Å². The highest BCUT2D eigenvalue weighted by atomic mass is 32.1. The van der Waals surface area contributed by atoms with Crippen LogP contribution in [0.5, 0.6) is 5.88 Å². The highest BCUT2D eigenvalue weighted by Crippen LogP contribution is 2.35. The number of methoxy groups -OCH3 is 2. The molecule has 7 nitrogen and oxygen atoms in total. The van der Waals surface area contributed by atoms with Gasteiger partial charge < -0.3 is 19.7 Å². The van der Waals surface area contributed by atoms with Crippen molar-refractivity contribution in [2.45, 2.75) is 45.8 Å². The fourth-order valence-corrected chi connectivity index (χ4v) is 4.66. The van der Waals surface area contributed by atoms with Crippen molar-refractivity contribution in [3.8, 4) is 5.88 Å². The minimum atomic E-state index is -0.0280. The van der Waals surface area contributed by atoms with E-state index < -0.39 is 0 Å². The Morgan fingerprint density at radius 1 is 1.30 bits per heavy atom. The summed E-state index contributed by atoms with van der Waals surface area (Å²) in [4.78, 5) is 25.7. The highest BCUT2D eigenvalue weighted by Gasteiger charge is 2.25. The molecule has 3 heterocycles. The van der Waals surface area contributed by atoms with Crippen LogP contribution < -0.4 is 10.1 Å². The van der Waals surface area contributed by atoms with Crippen molar-refractivity contribution in [1.29, 1.82) is 0 Å². The molecule has 0 spiro atoms. The van der Waals surface area contributed by atoms with Crippen LogP contribution in [-0.4, -0.2) is 60.7 Å². The van der Waals surface area contributed by atoms with E-state index in [2.05, 4.69) is 27.1 Å². The maximum Gasteiger partial charge on any atom is 0.261 e. The molecule has 0 bridgehead atoms. The van der Waals surface area contributed by atoms with Crippen molar-refractivity contribution >= 4 is 27.5 Å². The fraction of sp³-hybridized carbons (Fsp3) is 0.632. The van der Waals surface area contributed by atoms with E-state index in [9.17, 15) is 4.79 Å². The number of rotatable bonds is 7. The molecule has 1 amide bonds. The third-order valence-electron chi connectivity index (χ3n) is 4.94. The lowest BCUT2D eigenvalue weighted by molar-refractivity contribution is 0.0915. The average Bonchev–Trinajstić information content (AvgIpc) is 3.00. The van der Waals surface area contributed by atoms with Crippen LogP contribution in [0.15, 0.2) is 0 Å². The molecule has 0 radical (unpaired) electrons. The lowest BCUT2D eigenvalue weighted by Crippen LogP contribution is -2.44. The number of aryl methyl sites for hydroxylation is 1. The molecule has 2 aromatic rings. The fourth-order valence-electron chi connectivity index (χ4n) is 3.57. The molecule has 0 saturated carbocycles. The van der Waals surface area contributed by atoms with Crippen molar-refractivity contribution in [2.24, 2.45) is 0 Å². The smallest absolute Gasteiger partial charge is 0.261 e. The zero-order valence-corrected chi connectivity index (χ0v) is 17.3. The van der Waals surface area contributed by atoms with Crippen molar-refractivity contribution < 1.29 is 14.3 Å². The van der Waals surface area contributed by atoms with Gasteiger partial charge >= 0.3 is 0 Å². The molecule has 148 valence electrons. The van der Waals surface area contributed by atoms with Crippen LogP contribution in [0.25, 0.3) is 10.2 Å². The number of carbonyl (C=O) groups is 1. The molecule has 1 fully saturated rings. The Morgan fingerprint density at radius 3 is 2.67 bits per heavy atom. The van der Waals surface area contributed by atoms with Crippen molar-refractivity contribution in [1.82, 2.24) is 20.2 Å². The van der Waals surface area contributed by atoms with E-state index in [1.54, 1.807) is 14.2 Å². The number of fused-ring (bicyclic) bond motifs is 1. The Labute approximate surface area is 164 Å². The van der Waals surface area contributed by atoms with E-state index in [1.807, 2.05) is 6.92 Å². The van der Waals surface area contributed by atoms with Crippen LogP contribution in [0.4, 0.5) is 0 Å². The summed E-state index contributed by atoms with van der Waals surface area (Å²) in [7, 11) is 3.18. The lowest BCUT2D eigenvalue weighted by Gasteiger charge is -2.32. The van der Waals surface area contributed by atoms with Gasteiger partial charge in [0.1, 0.15) is 11.4 Å². The molecular formula is C19H28N4O3S. The number of ether oxygens (including phenoxy) is 2. The van der Waals surface area contributed by atoms with Gasteiger partial charge in [-0.15, -0.1) is 11.3 Å². The topological polar surface area (TPSA) is 76.6 Å². The minimum absolute atomic E-state index is 0.0280. The van der Waals surface area contributed by atoms with E-state index in [-0.39, 0.29) is 11.9 Å². The number of nitrogens with one attached hydrogen (secondary N) is 1. The van der Waals surface area contributed by atoms with E-state index in [4.69, 9.17) is 9.47 Å². The van der Waals surface area contributed by atoms with Crippen LogP contribution in [0.2, 0.25) is 0 Å². The molecule has 27 heavy (non-hydrogen) atoms. The molecule has 3 rings (SSSR count). The van der Waals surface area contributed by atoms with Gasteiger partial charge in [0.15, 0.2) is 5.82 Å². The molecule has 0 unspecified atom stereocenters. The Hall–Kier alpha value is -1.77. The quantitative estimate of drug-likeness (QED) is 0.781. The predicted octanol–water partition coefficient (Wildman–Crippen LogP) is 2.76. The zero-order valence-electron chi connectivity index (χ0n) is 16.5. The van der Waals surface area contributed by atoms with E-state index in [0.29, 0.717) is 23.2 Å². The Kier molecular flexibility index (Phi) is 6.62. The third kappa shape index (κ3) is 4.39. The van der Waals surface area contributed by atoms with Gasteiger partial charge in [-0.25, -0.2) is 4.98 Å². The second-order valence-electron chi connectivity index (χ2n) is 6.91. The number of hydrogen-bond acceptors (Lipinski definition) is 7. The Balaban J connectivity index is 1.78. The number of carbonyl (C=O) groups excluding carboxylic acids is 1. The van der Waals surface area contributed by atoms with Gasteiger partial charge in [-0.05, 0) is 38.3 Å². The van der Waals surface area contributed by atoms with Gasteiger partial charge in [0.05, 0.1) is 17.4 Å². The minimum Gasteiger partial charge on any atom is -0.480 e. The molecule has 1 N–H and O–H groups in total. The molecule has 0 aromatic carbocycles. The monoisotopic (exact) mass is 392 g/mol. The number of piperidine rings is 1. The SMILES string of the molecule is CCCN1CCC(NC(=O)c2sc3nc(COC)nc(OC)c3c2C)CC1. The van der Waals surface area contributed by atoms with Gasteiger partial charge in [-0.3, -0.25) is 4.79 Å². The summed E-state index contributed by atoms with van der Waals surface area (Å²) in [5, 5.41) is 4.02. The number of thiophene rings is 1. The second-order valence-corrected chi connectivity index (χ2v) is 7.91. The first-order valence-corrected chi connectivity index (χ1v) is 10.2. The maximum atomic E-state index is 12.9. The van der Waals surface area contributed by atoms with E-state index in [1.165, 1.54) is 17.8 Å². The Bertz CT molecular complexity index is 800. The normalized spacial score (nSPS) is 16.0. The highest BCUT2D eigenvalue weighted by molar-refractivity contribution is 7.20. The van der Waals surface area contributed by atoms with Crippen molar-refractivity contribution in [2.75, 3.05) is 33.9 Å². The van der Waals surface area contributed by atoms with Crippen LogP contribution in [0.3, 0.4) is 0 Å². The summed E-state index contributed by atoms with van der Waals surface area (Å²) in [5.41, 5.74) is 0.872. The van der Waals surface area contributed by atoms with Crippen molar-refractivity contribution in [3.05, 3.63) is 16.3 Å². The summed E-state index contributed by atoms with van der Waals surface area (Å²) in [6, 6.07) is 0.229. The number of likely N-dealkylation sites (tertiary alicyclic amines) is 1. The molecule has 0 aliphatic carbocycles. The molecule has 1 saturated heterocycles. The Morgan fingerprint density at radius 2 is 2.04 bits per heavy atom. The van der Waals surface area contributed by atoms with Crippen LogP contribution in [0.1, 0.15) is 47.2 Å².